The Labute approximate surface area is 152 Å². The Kier molecular flexibility index (Phi) is 4.20. The topological polar surface area (TPSA) is 68.8 Å². The highest BCUT2D eigenvalue weighted by Gasteiger charge is 2.59. The van der Waals surface area contributed by atoms with Crippen LogP contribution in [-0.4, -0.2) is 38.0 Å². The molecule has 1 aliphatic carbocycles. The number of fused-ring (bicyclic) bond motifs is 2. The van der Waals surface area contributed by atoms with E-state index in [-0.39, 0.29) is 23.6 Å². The number of carbonyl (C=O) groups excluding carboxylic acids is 1. The van der Waals surface area contributed by atoms with Crippen LogP contribution in [0.2, 0.25) is 5.02 Å². The number of anilines is 1. The van der Waals surface area contributed by atoms with E-state index in [0.29, 0.717) is 41.3 Å². The van der Waals surface area contributed by atoms with Gasteiger partial charge in [-0.05, 0) is 6.42 Å². The zero-order valence-corrected chi connectivity index (χ0v) is 15.2. The first-order chi connectivity index (χ1) is 12.0. The Bertz CT molecular complexity index is 694. The van der Waals surface area contributed by atoms with Gasteiger partial charge >= 0.3 is 6.03 Å². The van der Waals surface area contributed by atoms with E-state index in [2.05, 4.69) is 24.5 Å². The third kappa shape index (κ3) is 2.91. The van der Waals surface area contributed by atoms with E-state index < -0.39 is 0 Å². The second-order valence-corrected chi connectivity index (χ2v) is 7.88. The summed E-state index contributed by atoms with van der Waals surface area (Å²) < 4.78 is 17.0. The molecule has 1 aromatic rings. The van der Waals surface area contributed by atoms with Crippen LogP contribution in [0.3, 0.4) is 0 Å². The molecule has 1 saturated carbocycles. The van der Waals surface area contributed by atoms with Crippen molar-refractivity contribution >= 4 is 23.3 Å². The molecular weight excluding hydrogens is 344 g/mol. The van der Waals surface area contributed by atoms with Crippen molar-refractivity contribution < 1.29 is 19.0 Å². The van der Waals surface area contributed by atoms with Crippen molar-refractivity contribution in [2.24, 2.45) is 11.3 Å². The highest BCUT2D eigenvalue weighted by atomic mass is 35.5. The predicted octanol–water partition coefficient (Wildman–Crippen LogP) is 3.44. The highest BCUT2D eigenvalue weighted by molar-refractivity contribution is 6.34. The second-order valence-electron chi connectivity index (χ2n) is 7.47. The number of halogens is 1. The van der Waals surface area contributed by atoms with Gasteiger partial charge in [0.2, 0.25) is 0 Å². The molecule has 2 N–H and O–H groups in total. The average Bonchev–Trinajstić information content (AvgIpc) is 2.91. The molecule has 7 heteroatoms. The van der Waals surface area contributed by atoms with Crippen molar-refractivity contribution in [3.63, 3.8) is 0 Å². The molecule has 0 aromatic heterocycles. The van der Waals surface area contributed by atoms with Gasteiger partial charge in [0.25, 0.3) is 0 Å². The maximum Gasteiger partial charge on any atom is 0.319 e. The SMILES string of the molecule is CC1(C)[C@H](NC(=O)Nc2cc3c(cc2Cl)OCCCO3)[C@@H]2CCO[C@H]21. The minimum atomic E-state index is -0.264. The smallest absolute Gasteiger partial charge is 0.319 e. The number of hydrogen-bond acceptors (Lipinski definition) is 4. The van der Waals surface area contributed by atoms with Crippen LogP contribution in [0.25, 0.3) is 0 Å². The fourth-order valence-corrected chi connectivity index (χ4v) is 4.40. The lowest BCUT2D eigenvalue weighted by molar-refractivity contribution is -0.107. The number of ether oxygens (including phenoxy) is 3. The maximum absolute atomic E-state index is 12.5. The van der Waals surface area contributed by atoms with E-state index in [4.69, 9.17) is 25.8 Å². The van der Waals surface area contributed by atoms with Crippen LogP contribution in [0, 0.1) is 11.3 Å². The number of hydrogen-bond donors (Lipinski definition) is 2. The fraction of sp³-hybridized carbons (Fsp3) is 0.611. The molecule has 0 radical (unpaired) electrons. The molecular formula is C18H23ClN2O4. The Hall–Kier alpha value is -1.66. The molecule has 0 unspecified atom stereocenters. The molecule has 2 heterocycles. The number of benzene rings is 1. The normalized spacial score (nSPS) is 29.2. The van der Waals surface area contributed by atoms with Crippen LogP contribution in [0.15, 0.2) is 12.1 Å². The van der Waals surface area contributed by atoms with Gasteiger partial charge in [-0.15, -0.1) is 0 Å². The van der Waals surface area contributed by atoms with Crippen LogP contribution in [0.4, 0.5) is 10.5 Å². The molecule has 1 aromatic carbocycles. The molecule has 3 aliphatic rings. The van der Waals surface area contributed by atoms with Gasteiger partial charge in [0.15, 0.2) is 11.5 Å². The molecule has 2 amide bonds. The third-order valence-corrected chi connectivity index (χ3v) is 5.79. The van der Waals surface area contributed by atoms with Crippen molar-refractivity contribution in [3.8, 4) is 11.5 Å². The van der Waals surface area contributed by atoms with Crippen LogP contribution in [-0.2, 0) is 4.74 Å². The predicted molar refractivity (Wildman–Crippen MR) is 94.6 cm³/mol. The molecule has 3 atom stereocenters. The summed E-state index contributed by atoms with van der Waals surface area (Å²) in [7, 11) is 0. The Morgan fingerprint density at radius 1 is 1.20 bits per heavy atom. The molecule has 0 spiro atoms. The maximum atomic E-state index is 12.5. The standard InChI is InChI=1S/C18H23ClN2O4/c1-18(2)15(10-4-7-25-16(10)18)21-17(22)20-12-9-14-13(8-11(12)19)23-5-3-6-24-14/h8-10,15-16H,3-7H2,1-2H3,(H2,20,21,22)/t10-,15+,16+/m0/s1. The summed E-state index contributed by atoms with van der Waals surface area (Å²) >= 11 is 6.29. The number of carbonyl (C=O) groups is 1. The zero-order valence-electron chi connectivity index (χ0n) is 14.4. The van der Waals surface area contributed by atoms with Gasteiger partial charge in [-0.25, -0.2) is 4.79 Å². The average molecular weight is 367 g/mol. The van der Waals surface area contributed by atoms with Gasteiger partial charge in [-0.3, -0.25) is 0 Å². The zero-order chi connectivity index (χ0) is 17.6. The quantitative estimate of drug-likeness (QED) is 0.841. The van der Waals surface area contributed by atoms with Crippen LogP contribution in [0.5, 0.6) is 11.5 Å². The van der Waals surface area contributed by atoms with E-state index in [1.807, 2.05) is 0 Å². The van der Waals surface area contributed by atoms with E-state index >= 15 is 0 Å². The molecule has 136 valence electrons. The molecule has 0 bridgehead atoms. The molecule has 2 fully saturated rings. The highest BCUT2D eigenvalue weighted by Crippen LogP contribution is 2.52. The molecule has 2 aliphatic heterocycles. The van der Waals surface area contributed by atoms with Gasteiger partial charge < -0.3 is 24.8 Å². The lowest BCUT2D eigenvalue weighted by Crippen LogP contribution is -2.67. The van der Waals surface area contributed by atoms with Gasteiger partial charge in [-0.2, -0.15) is 0 Å². The summed E-state index contributed by atoms with van der Waals surface area (Å²) in [5.41, 5.74) is 0.451. The van der Waals surface area contributed by atoms with E-state index in [1.165, 1.54) is 0 Å². The van der Waals surface area contributed by atoms with E-state index in [0.717, 1.165) is 19.4 Å². The van der Waals surface area contributed by atoms with Gasteiger partial charge in [0, 0.05) is 42.5 Å². The third-order valence-electron chi connectivity index (χ3n) is 5.47. The first-order valence-corrected chi connectivity index (χ1v) is 9.13. The Balaban J connectivity index is 1.45. The molecule has 4 rings (SSSR count). The van der Waals surface area contributed by atoms with Crippen molar-refractivity contribution in [2.75, 3.05) is 25.1 Å². The van der Waals surface area contributed by atoms with Crippen LogP contribution in [0.1, 0.15) is 26.7 Å². The summed E-state index contributed by atoms with van der Waals surface area (Å²) in [6.45, 7) is 6.21. The van der Waals surface area contributed by atoms with Gasteiger partial charge in [0.05, 0.1) is 30.0 Å². The second kappa shape index (κ2) is 6.25. The Morgan fingerprint density at radius 2 is 1.92 bits per heavy atom. The molecule has 1 saturated heterocycles. The van der Waals surface area contributed by atoms with E-state index in [9.17, 15) is 4.79 Å². The minimum absolute atomic E-state index is 0.0625. The van der Waals surface area contributed by atoms with Crippen molar-refractivity contribution in [2.45, 2.75) is 38.8 Å². The first-order valence-electron chi connectivity index (χ1n) is 8.75. The summed E-state index contributed by atoms with van der Waals surface area (Å²) in [5.74, 6) is 1.60. The monoisotopic (exact) mass is 366 g/mol. The fourth-order valence-electron chi connectivity index (χ4n) is 4.20. The van der Waals surface area contributed by atoms with Crippen molar-refractivity contribution in [3.05, 3.63) is 17.2 Å². The van der Waals surface area contributed by atoms with Gasteiger partial charge in [0.1, 0.15) is 0 Å². The number of rotatable bonds is 2. The van der Waals surface area contributed by atoms with Gasteiger partial charge in [-0.1, -0.05) is 25.4 Å². The van der Waals surface area contributed by atoms with Crippen molar-refractivity contribution in [1.82, 2.24) is 5.32 Å². The molecule has 6 nitrogen and oxygen atoms in total. The number of nitrogens with one attached hydrogen (secondary N) is 2. The van der Waals surface area contributed by atoms with Crippen LogP contribution >= 0.6 is 11.6 Å². The lowest BCUT2D eigenvalue weighted by Gasteiger charge is -2.54. The first kappa shape index (κ1) is 16.8. The summed E-state index contributed by atoms with van der Waals surface area (Å²) in [4.78, 5) is 12.5. The lowest BCUT2D eigenvalue weighted by atomic mass is 9.57. The Morgan fingerprint density at radius 3 is 2.68 bits per heavy atom. The number of urea groups is 1. The summed E-state index contributed by atoms with van der Waals surface area (Å²) in [5, 5.41) is 6.35. The summed E-state index contributed by atoms with van der Waals surface area (Å²) in [6, 6.07) is 3.24. The number of amides is 2. The summed E-state index contributed by atoms with van der Waals surface area (Å²) in [6.07, 6.45) is 2.04. The largest absolute Gasteiger partial charge is 0.490 e. The van der Waals surface area contributed by atoms with Crippen molar-refractivity contribution in [1.29, 1.82) is 0 Å². The minimum Gasteiger partial charge on any atom is -0.490 e. The van der Waals surface area contributed by atoms with E-state index in [1.54, 1.807) is 12.1 Å². The van der Waals surface area contributed by atoms with Crippen LogP contribution < -0.4 is 20.1 Å². The molecule has 25 heavy (non-hydrogen) atoms.